The minimum atomic E-state index is -3.81. The molecule has 2 aromatic carbocycles. The normalized spacial score (nSPS) is 12.7. The molecule has 0 saturated carbocycles. The number of pyridine rings is 1. The van der Waals surface area contributed by atoms with Crippen LogP contribution >= 0.6 is 15.9 Å². The van der Waals surface area contributed by atoms with Crippen molar-refractivity contribution in [3.05, 3.63) is 88.7 Å². The summed E-state index contributed by atoms with van der Waals surface area (Å²) in [4.78, 5) is 4.07. The first-order chi connectivity index (χ1) is 12.9. The van der Waals surface area contributed by atoms with Crippen LogP contribution in [0, 0.1) is 0 Å². The molecule has 0 aliphatic heterocycles. The third-order valence-electron chi connectivity index (χ3n) is 4.28. The molecule has 140 valence electrons. The Morgan fingerprint density at radius 3 is 2.37 bits per heavy atom. The van der Waals surface area contributed by atoms with Crippen molar-refractivity contribution < 1.29 is 13.2 Å². The summed E-state index contributed by atoms with van der Waals surface area (Å²) in [6.07, 6.45) is 2.80. The first-order valence-corrected chi connectivity index (χ1v) is 10.4. The molecule has 3 rings (SSSR count). The third kappa shape index (κ3) is 4.05. The Morgan fingerprint density at radius 2 is 1.70 bits per heavy atom. The topological polar surface area (TPSA) is 59.5 Å². The fraction of sp³-hybridized carbons (Fsp3) is 0.150. The highest BCUT2D eigenvalue weighted by atomic mass is 79.9. The summed E-state index contributed by atoms with van der Waals surface area (Å²) in [5.41, 5.74) is 1.72. The lowest BCUT2D eigenvalue weighted by Gasteiger charge is -2.29. The number of hydrogen-bond acceptors (Lipinski definition) is 4. The Morgan fingerprint density at radius 1 is 1.04 bits per heavy atom. The number of sulfonamides is 1. The molecule has 0 fully saturated rings. The van der Waals surface area contributed by atoms with Crippen LogP contribution < -0.4 is 4.74 Å². The van der Waals surface area contributed by atoms with Crippen molar-refractivity contribution in [1.29, 1.82) is 0 Å². The van der Waals surface area contributed by atoms with Crippen LogP contribution in [0.2, 0.25) is 0 Å². The molecule has 1 heterocycles. The van der Waals surface area contributed by atoms with Gasteiger partial charge >= 0.3 is 0 Å². The number of ether oxygens (including phenoxy) is 1. The molecule has 0 N–H and O–H groups in total. The predicted molar refractivity (Wildman–Crippen MR) is 108 cm³/mol. The van der Waals surface area contributed by atoms with Gasteiger partial charge in [-0.15, -0.1) is 0 Å². The van der Waals surface area contributed by atoms with Gasteiger partial charge in [0, 0.05) is 23.8 Å². The molecule has 0 spiro atoms. The molecule has 1 unspecified atom stereocenters. The van der Waals surface area contributed by atoms with Gasteiger partial charge in [0.25, 0.3) is 0 Å². The average molecular weight is 447 g/mol. The fourth-order valence-electron chi connectivity index (χ4n) is 2.87. The summed E-state index contributed by atoms with van der Waals surface area (Å²) >= 11 is 3.55. The van der Waals surface area contributed by atoms with Crippen molar-refractivity contribution in [1.82, 2.24) is 9.29 Å². The van der Waals surface area contributed by atoms with E-state index in [1.165, 1.54) is 29.9 Å². The van der Waals surface area contributed by atoms with E-state index >= 15 is 0 Å². The number of halogens is 1. The second-order valence-corrected chi connectivity index (χ2v) is 8.77. The maximum atomic E-state index is 13.3. The number of methoxy groups -OCH3 is 1. The van der Waals surface area contributed by atoms with Gasteiger partial charge in [-0.25, -0.2) is 8.42 Å². The molecular formula is C20H19BrN2O3S. The van der Waals surface area contributed by atoms with E-state index in [0.717, 1.165) is 15.6 Å². The van der Waals surface area contributed by atoms with Crippen LogP contribution in [0.5, 0.6) is 5.75 Å². The quantitative estimate of drug-likeness (QED) is 0.567. The Hall–Kier alpha value is -2.22. The highest BCUT2D eigenvalue weighted by Gasteiger charge is 2.31. The van der Waals surface area contributed by atoms with Gasteiger partial charge in [-0.3, -0.25) is 4.98 Å². The molecule has 0 amide bonds. The molecular weight excluding hydrogens is 428 g/mol. The average Bonchev–Trinajstić information content (AvgIpc) is 2.70. The smallest absolute Gasteiger partial charge is 0.245 e. The van der Waals surface area contributed by atoms with Gasteiger partial charge in [-0.1, -0.05) is 64.5 Å². The lowest BCUT2D eigenvalue weighted by Crippen LogP contribution is -2.32. The number of hydrogen-bond donors (Lipinski definition) is 0. The van der Waals surface area contributed by atoms with Crippen molar-refractivity contribution in [2.45, 2.75) is 10.9 Å². The van der Waals surface area contributed by atoms with Gasteiger partial charge < -0.3 is 4.74 Å². The van der Waals surface area contributed by atoms with Crippen LogP contribution in [-0.2, 0) is 10.0 Å². The van der Waals surface area contributed by atoms with Crippen LogP contribution in [0.15, 0.2) is 82.4 Å². The van der Waals surface area contributed by atoms with Gasteiger partial charge in [0.2, 0.25) is 10.0 Å². The molecule has 0 aliphatic rings. The lowest BCUT2D eigenvalue weighted by molar-refractivity contribution is 0.406. The molecule has 0 radical (unpaired) electrons. The number of aromatic nitrogens is 1. The second kappa shape index (κ2) is 8.21. The fourth-order valence-corrected chi connectivity index (χ4v) is 4.68. The zero-order valence-corrected chi connectivity index (χ0v) is 17.3. The van der Waals surface area contributed by atoms with Crippen molar-refractivity contribution in [3.8, 4) is 5.75 Å². The summed E-state index contributed by atoms with van der Waals surface area (Å²) in [6, 6.07) is 18.1. The highest BCUT2D eigenvalue weighted by Crippen LogP contribution is 2.36. The van der Waals surface area contributed by atoms with E-state index in [-0.39, 0.29) is 4.90 Å². The van der Waals surface area contributed by atoms with Crippen LogP contribution in [0.4, 0.5) is 0 Å². The predicted octanol–water partition coefficient (Wildman–Crippen LogP) is 4.26. The first kappa shape index (κ1) is 19.5. The van der Waals surface area contributed by atoms with Crippen molar-refractivity contribution in [3.63, 3.8) is 0 Å². The van der Waals surface area contributed by atoms with Crippen molar-refractivity contribution in [2.75, 3.05) is 14.2 Å². The van der Waals surface area contributed by atoms with E-state index in [2.05, 4.69) is 20.9 Å². The molecule has 1 atom stereocenters. The van der Waals surface area contributed by atoms with Crippen LogP contribution in [-0.4, -0.2) is 31.9 Å². The van der Waals surface area contributed by atoms with Gasteiger partial charge in [-0.2, -0.15) is 4.31 Å². The van der Waals surface area contributed by atoms with Gasteiger partial charge in [0.15, 0.2) is 0 Å². The third-order valence-corrected chi connectivity index (χ3v) is 6.79. The first-order valence-electron chi connectivity index (χ1n) is 8.21. The largest absolute Gasteiger partial charge is 0.495 e. The van der Waals surface area contributed by atoms with E-state index in [0.29, 0.717) is 5.75 Å². The summed E-state index contributed by atoms with van der Waals surface area (Å²) in [6.45, 7) is 0. The zero-order chi connectivity index (χ0) is 19.4. The standard InChI is InChI=1S/C20H19BrN2O3S/c1-23(27(24,25)17-12-16(26-2)13-22-14-17)20(15-8-4-3-5-9-15)18-10-6-7-11-19(18)21/h3-14,20H,1-2H3. The van der Waals surface area contributed by atoms with Crippen LogP contribution in [0.25, 0.3) is 0 Å². The minimum absolute atomic E-state index is 0.0809. The molecule has 0 saturated heterocycles. The van der Waals surface area contributed by atoms with Gasteiger partial charge in [-0.05, 0) is 17.2 Å². The molecule has 5 nitrogen and oxygen atoms in total. The number of benzene rings is 2. The summed E-state index contributed by atoms with van der Waals surface area (Å²) in [5.74, 6) is 0.390. The van der Waals surface area contributed by atoms with Gasteiger partial charge in [0.1, 0.15) is 10.6 Å². The summed E-state index contributed by atoms with van der Waals surface area (Å²) in [5, 5.41) is 0. The van der Waals surface area contributed by atoms with Crippen molar-refractivity contribution >= 4 is 26.0 Å². The molecule has 1 aromatic heterocycles. The molecule has 7 heteroatoms. The van der Waals surface area contributed by atoms with Crippen LogP contribution in [0.3, 0.4) is 0 Å². The molecule has 27 heavy (non-hydrogen) atoms. The Labute approximate surface area is 167 Å². The lowest BCUT2D eigenvalue weighted by atomic mass is 9.99. The number of nitrogens with zero attached hydrogens (tertiary/aromatic N) is 2. The second-order valence-electron chi connectivity index (χ2n) is 5.92. The Kier molecular flexibility index (Phi) is 5.94. The maximum absolute atomic E-state index is 13.3. The zero-order valence-electron chi connectivity index (χ0n) is 14.9. The molecule has 0 bridgehead atoms. The maximum Gasteiger partial charge on any atom is 0.245 e. The highest BCUT2D eigenvalue weighted by molar-refractivity contribution is 9.10. The Balaban J connectivity index is 2.13. The minimum Gasteiger partial charge on any atom is -0.495 e. The van der Waals surface area contributed by atoms with Crippen molar-refractivity contribution in [2.24, 2.45) is 0 Å². The SMILES string of the molecule is COc1cncc(S(=O)(=O)N(C)C(c2ccccc2)c2ccccc2Br)c1. The van der Waals surface area contributed by atoms with Crippen LogP contribution in [0.1, 0.15) is 17.2 Å². The monoisotopic (exact) mass is 446 g/mol. The van der Waals surface area contributed by atoms with E-state index < -0.39 is 16.1 Å². The summed E-state index contributed by atoms with van der Waals surface area (Å²) in [7, 11) is -0.761. The van der Waals surface area contributed by atoms with Gasteiger partial charge in [0.05, 0.1) is 19.3 Å². The van der Waals surface area contributed by atoms with E-state index in [9.17, 15) is 8.42 Å². The Bertz CT molecular complexity index is 1030. The molecule has 3 aromatic rings. The van der Waals surface area contributed by atoms with E-state index in [4.69, 9.17) is 4.74 Å². The summed E-state index contributed by atoms with van der Waals surface area (Å²) < 4.78 is 34.0. The van der Waals surface area contributed by atoms with E-state index in [1.54, 1.807) is 7.05 Å². The number of rotatable bonds is 6. The molecule has 0 aliphatic carbocycles. The van der Waals surface area contributed by atoms with E-state index in [1.807, 2.05) is 54.6 Å².